The number of aliphatic hydroxyl groups is 2. The van der Waals surface area contributed by atoms with E-state index >= 15 is 0 Å². The highest BCUT2D eigenvalue weighted by Crippen LogP contribution is 2.40. The van der Waals surface area contributed by atoms with E-state index in [4.69, 9.17) is 33.5 Å². The summed E-state index contributed by atoms with van der Waals surface area (Å²) in [6.07, 6.45) is -6.23. The molecule has 1 unspecified atom stereocenters. The Morgan fingerprint density at radius 3 is 2.27 bits per heavy atom. The predicted molar refractivity (Wildman–Crippen MR) is 221 cm³/mol. The maximum Gasteiger partial charge on any atom is 0.316 e. The van der Waals surface area contributed by atoms with Crippen molar-refractivity contribution in [1.82, 2.24) is 9.80 Å². The summed E-state index contributed by atoms with van der Waals surface area (Å²) in [4.78, 5) is 69.5. The monoisotopic (exact) mass is 842 g/mol. The molecule has 334 valence electrons. The van der Waals surface area contributed by atoms with Gasteiger partial charge in [-0.05, 0) is 84.7 Å². The summed E-state index contributed by atoms with van der Waals surface area (Å²) in [6.45, 7) is 13.3. The Balaban J connectivity index is 1.67. The van der Waals surface area contributed by atoms with Crippen LogP contribution in [0.2, 0.25) is 0 Å². The van der Waals surface area contributed by atoms with Crippen LogP contribution >= 0.6 is 0 Å². The van der Waals surface area contributed by atoms with Gasteiger partial charge in [0.05, 0.1) is 37.1 Å². The number of Topliss-reactive ketones (excluding diaryl/α,β-unsaturated/α-hetero) is 1. The van der Waals surface area contributed by atoms with Crippen LogP contribution in [0, 0.1) is 23.7 Å². The fourth-order valence-electron chi connectivity index (χ4n) is 9.19. The first-order chi connectivity index (χ1) is 28.1. The van der Waals surface area contributed by atoms with Crippen LogP contribution in [0.4, 0.5) is 0 Å². The molecule has 5 rings (SSSR count). The minimum atomic E-state index is -1.85. The molecule has 16 nitrogen and oxygen atoms in total. The summed E-state index contributed by atoms with van der Waals surface area (Å²) in [7, 11) is 7.06. The van der Waals surface area contributed by atoms with E-state index in [9.17, 15) is 29.4 Å². The van der Waals surface area contributed by atoms with Crippen molar-refractivity contribution in [2.45, 2.75) is 141 Å². The van der Waals surface area contributed by atoms with Gasteiger partial charge in [-0.25, -0.2) is 4.99 Å². The summed E-state index contributed by atoms with van der Waals surface area (Å²) in [5.74, 6) is -5.74. The highest BCUT2D eigenvalue weighted by Gasteiger charge is 2.53. The Bertz CT molecular complexity index is 1780. The zero-order valence-electron chi connectivity index (χ0n) is 37.2. The molecule has 2 N–H and O–H groups in total. The number of ketones is 1. The van der Waals surface area contributed by atoms with Gasteiger partial charge in [-0.3, -0.25) is 19.2 Å². The number of carbonyl (C=O) groups is 4. The van der Waals surface area contributed by atoms with Crippen molar-refractivity contribution in [1.29, 1.82) is 0 Å². The number of fused-ring (bicyclic) bond motifs is 4. The van der Waals surface area contributed by atoms with Crippen molar-refractivity contribution in [2.75, 3.05) is 41.4 Å². The number of aliphatic imine (C=N–C) groups is 1. The second kappa shape index (κ2) is 19.2. The molecule has 60 heavy (non-hydrogen) atoms. The normalized spacial score (nSPS) is 39.4. The summed E-state index contributed by atoms with van der Waals surface area (Å²) >= 11 is 0. The van der Waals surface area contributed by atoms with Crippen LogP contribution in [0.25, 0.3) is 0 Å². The fourth-order valence-corrected chi connectivity index (χ4v) is 9.19. The van der Waals surface area contributed by atoms with Crippen molar-refractivity contribution in [3.8, 4) is 0 Å². The van der Waals surface area contributed by atoms with Crippen LogP contribution in [0.3, 0.4) is 0 Å². The number of cyclic esters (lactones) is 1. The molecular formula is C44H66N4O12. The van der Waals surface area contributed by atoms with Gasteiger partial charge >= 0.3 is 5.97 Å². The van der Waals surface area contributed by atoms with E-state index in [1.54, 1.807) is 66.1 Å². The van der Waals surface area contributed by atoms with Gasteiger partial charge in [-0.1, -0.05) is 45.0 Å². The molecule has 0 saturated carbocycles. The fraction of sp³-hybridized carbons (Fsp3) is 0.727. The number of nitrogens with zero attached hydrogens (tertiary/aromatic N) is 4. The zero-order valence-corrected chi connectivity index (χ0v) is 37.2. The molecule has 14 atom stereocenters. The van der Waals surface area contributed by atoms with Gasteiger partial charge in [0.25, 0.3) is 11.8 Å². The van der Waals surface area contributed by atoms with E-state index in [0.29, 0.717) is 23.3 Å². The molecule has 0 spiro atoms. The van der Waals surface area contributed by atoms with E-state index < -0.39 is 89.3 Å². The number of benzene rings is 1. The third-order valence-electron chi connectivity index (χ3n) is 12.7. The Kier molecular flexibility index (Phi) is 15.2. The summed E-state index contributed by atoms with van der Waals surface area (Å²) in [5.41, 5.74) is -1.48. The predicted octanol–water partition coefficient (Wildman–Crippen LogP) is 3.23. The smallest absolute Gasteiger partial charge is 0.316 e. The molecule has 4 aliphatic rings. The Labute approximate surface area is 353 Å². The Hall–Kier alpha value is -3.64. The number of likely N-dealkylation sites (N-methyl/N-ethyl adjacent to an activating group) is 1. The molecule has 0 aliphatic carbocycles. The lowest BCUT2D eigenvalue weighted by molar-refractivity contribution is -0.296. The first-order valence-corrected chi connectivity index (χ1v) is 21.1. The number of amides is 2. The summed E-state index contributed by atoms with van der Waals surface area (Å²) in [5, 5.41) is 28.5. The Morgan fingerprint density at radius 1 is 0.983 bits per heavy atom. The third kappa shape index (κ3) is 10.2. The second-order valence-electron chi connectivity index (χ2n) is 18.1. The molecule has 3 fully saturated rings. The van der Waals surface area contributed by atoms with Crippen LogP contribution in [0.15, 0.2) is 34.4 Å². The molecule has 4 heterocycles. The van der Waals surface area contributed by atoms with Gasteiger partial charge in [0.2, 0.25) is 6.10 Å². The SMILES string of the molecule is CC[C@H]1OC(=O)[C@H](C)C(=O)[C@H](C)[C@@H](O[C@@H]2O[C@H](C)C[C@H](N(C)C)[C@H]2O)[C@@]2(C)C[C@@H](C)C3=NC(=O)C(Cc4ccc(C(=O)N(C)C)cc4)O/N=C(\CO[C@@H]([C@@H]3C)[C@]1(C)O)CO2. The lowest BCUT2D eigenvalue weighted by Crippen LogP contribution is -2.60. The first kappa shape index (κ1) is 47.4. The van der Waals surface area contributed by atoms with E-state index in [1.807, 2.05) is 32.8 Å². The number of rotatable bonds is 7. The van der Waals surface area contributed by atoms with E-state index in [1.165, 1.54) is 18.7 Å². The lowest BCUT2D eigenvalue weighted by atomic mass is 9.73. The standard InChI is InChI=1S/C44H66N4O12/c1-13-33-44(8,54)38-25(4)34-23(2)20-43(7,37(26(5)35(49)27(6)41(53)58-33)59-42-36(50)31(47(9)10)18-24(3)57-42)56-22-30(21-55-38)46-60-32(39(51)45-34)19-28-14-16-29(17-15-28)40(52)48(11)12/h14-17,23-27,31-33,36-38,42,50,54H,13,18-22H2,1-12H3/b45-34?,46-30+/t23-,24-,25-,26+,27-,31+,32?,33-,36-,37-,38+,42+,43-,44-/m1/s1. The van der Waals surface area contributed by atoms with Gasteiger partial charge in [0.15, 0.2) is 12.1 Å². The van der Waals surface area contributed by atoms with E-state index in [0.717, 1.165) is 0 Å². The van der Waals surface area contributed by atoms with Gasteiger partial charge in [-0.15, -0.1) is 0 Å². The lowest BCUT2D eigenvalue weighted by Gasteiger charge is -2.47. The topological polar surface area (TPSA) is 195 Å². The van der Waals surface area contributed by atoms with Crippen LogP contribution in [-0.2, 0) is 49.3 Å². The van der Waals surface area contributed by atoms with Crippen molar-refractivity contribution in [3.63, 3.8) is 0 Å². The molecule has 0 aromatic heterocycles. The molecule has 0 radical (unpaired) electrons. The maximum absolute atomic E-state index is 14.5. The van der Waals surface area contributed by atoms with Gasteiger partial charge in [0, 0.05) is 49.7 Å². The maximum atomic E-state index is 14.5. The zero-order chi connectivity index (χ0) is 44.4. The second-order valence-corrected chi connectivity index (χ2v) is 18.1. The van der Waals surface area contributed by atoms with Crippen LogP contribution in [-0.4, -0.2) is 157 Å². The third-order valence-corrected chi connectivity index (χ3v) is 12.7. The molecule has 16 heteroatoms. The molecular weight excluding hydrogens is 776 g/mol. The average molecular weight is 843 g/mol. The molecule has 1 aromatic rings. The number of oxime groups is 1. The number of hydrogen-bond acceptors (Lipinski definition) is 14. The molecule has 1 aromatic carbocycles. The largest absolute Gasteiger partial charge is 0.459 e. The minimum absolute atomic E-state index is 0.0732. The molecule has 4 bridgehead atoms. The van der Waals surface area contributed by atoms with Crippen molar-refractivity contribution >= 4 is 35.0 Å². The highest BCUT2D eigenvalue weighted by atomic mass is 16.7. The number of carbonyl (C=O) groups excluding carboxylic acids is 4. The Morgan fingerprint density at radius 2 is 1.65 bits per heavy atom. The minimum Gasteiger partial charge on any atom is -0.459 e. The van der Waals surface area contributed by atoms with Crippen LogP contribution in [0.5, 0.6) is 0 Å². The average Bonchev–Trinajstić information content (AvgIpc) is 3.22. The van der Waals surface area contributed by atoms with Gasteiger partial charge < -0.3 is 48.5 Å². The number of esters is 1. The molecule has 2 amide bonds. The van der Waals surface area contributed by atoms with Crippen LogP contribution in [0.1, 0.15) is 90.6 Å². The number of aliphatic hydroxyl groups excluding tert-OH is 1. The van der Waals surface area contributed by atoms with Crippen LogP contribution < -0.4 is 0 Å². The van der Waals surface area contributed by atoms with E-state index in [2.05, 4.69) is 5.16 Å². The summed E-state index contributed by atoms with van der Waals surface area (Å²) in [6, 6.07) is 6.55. The molecule has 4 aliphatic heterocycles. The quantitative estimate of drug-likeness (QED) is 0.301. The highest BCUT2D eigenvalue weighted by molar-refractivity contribution is 6.01. The van der Waals surface area contributed by atoms with E-state index in [-0.39, 0.29) is 56.2 Å². The number of hydrogen-bond donors (Lipinski definition) is 2. The molecule has 3 saturated heterocycles. The number of ether oxygens (including phenoxy) is 5. The van der Waals surface area contributed by atoms with Crippen molar-refractivity contribution in [2.24, 2.45) is 33.8 Å². The van der Waals surface area contributed by atoms with Crippen molar-refractivity contribution in [3.05, 3.63) is 35.4 Å². The van der Waals surface area contributed by atoms with Gasteiger partial charge in [-0.2, -0.15) is 0 Å². The summed E-state index contributed by atoms with van der Waals surface area (Å²) < 4.78 is 32.4. The van der Waals surface area contributed by atoms with Crippen molar-refractivity contribution < 1.29 is 57.9 Å². The van der Waals surface area contributed by atoms with Gasteiger partial charge in [0.1, 0.15) is 29.4 Å². The first-order valence-electron chi connectivity index (χ1n) is 21.1.